The van der Waals surface area contributed by atoms with Crippen molar-refractivity contribution in [3.8, 4) is 0 Å². The number of amides is 1. The average molecular weight is 336 g/mol. The zero-order valence-corrected chi connectivity index (χ0v) is 13.2. The molecule has 1 heterocycles. The number of thiophene rings is 1. The van der Waals surface area contributed by atoms with E-state index >= 15 is 0 Å². The van der Waals surface area contributed by atoms with E-state index in [-0.39, 0.29) is 23.2 Å². The standard InChI is InChI=1S/C16H14ClNO3S/c17-11-3-1-10-2-4-13(12(10)7-11)18-15(19)6-9-5-14(16(20)21)22-8-9/h1,3,5,7-8,13H,2,4,6H2,(H,18,19)(H,20,21). The lowest BCUT2D eigenvalue weighted by Crippen LogP contribution is -2.28. The predicted molar refractivity (Wildman–Crippen MR) is 85.6 cm³/mol. The Bertz CT molecular complexity index is 741. The second-order valence-electron chi connectivity index (χ2n) is 5.30. The summed E-state index contributed by atoms with van der Waals surface area (Å²) in [5.74, 6) is -1.07. The molecular formula is C16H14ClNO3S. The van der Waals surface area contributed by atoms with Gasteiger partial charge in [-0.05, 0) is 53.1 Å². The molecule has 0 saturated heterocycles. The van der Waals surface area contributed by atoms with Crippen molar-refractivity contribution in [2.24, 2.45) is 0 Å². The summed E-state index contributed by atoms with van der Waals surface area (Å²) in [6, 6.07) is 7.30. The van der Waals surface area contributed by atoms with Crippen molar-refractivity contribution in [1.29, 1.82) is 0 Å². The summed E-state index contributed by atoms with van der Waals surface area (Å²) >= 11 is 7.16. The first kappa shape index (κ1) is 15.1. The number of carbonyl (C=O) groups excluding carboxylic acids is 1. The first-order valence-electron chi connectivity index (χ1n) is 6.91. The van der Waals surface area contributed by atoms with Crippen molar-refractivity contribution in [2.45, 2.75) is 25.3 Å². The molecule has 22 heavy (non-hydrogen) atoms. The van der Waals surface area contributed by atoms with E-state index < -0.39 is 5.97 Å². The zero-order valence-electron chi connectivity index (χ0n) is 11.6. The van der Waals surface area contributed by atoms with E-state index in [1.54, 1.807) is 11.4 Å². The molecule has 1 aliphatic carbocycles. The summed E-state index contributed by atoms with van der Waals surface area (Å²) in [7, 11) is 0. The fourth-order valence-corrected chi connectivity index (χ4v) is 3.66. The molecular weight excluding hydrogens is 322 g/mol. The Morgan fingerprint density at radius 2 is 2.18 bits per heavy atom. The van der Waals surface area contributed by atoms with Crippen molar-refractivity contribution in [3.05, 3.63) is 56.2 Å². The quantitative estimate of drug-likeness (QED) is 0.899. The van der Waals surface area contributed by atoms with Gasteiger partial charge in [0.15, 0.2) is 0 Å². The molecule has 1 atom stereocenters. The monoisotopic (exact) mass is 335 g/mol. The van der Waals surface area contributed by atoms with Crippen LogP contribution in [0.2, 0.25) is 5.02 Å². The summed E-state index contributed by atoms with van der Waals surface area (Å²) in [4.78, 5) is 23.3. The van der Waals surface area contributed by atoms with Gasteiger partial charge in [-0.3, -0.25) is 4.79 Å². The van der Waals surface area contributed by atoms with E-state index in [1.165, 1.54) is 5.56 Å². The maximum absolute atomic E-state index is 12.2. The van der Waals surface area contributed by atoms with Crippen LogP contribution < -0.4 is 5.32 Å². The number of rotatable bonds is 4. The van der Waals surface area contributed by atoms with Gasteiger partial charge >= 0.3 is 5.97 Å². The van der Waals surface area contributed by atoms with Crippen LogP contribution in [0.5, 0.6) is 0 Å². The van der Waals surface area contributed by atoms with Gasteiger partial charge in [0.05, 0.1) is 12.5 Å². The highest BCUT2D eigenvalue weighted by Crippen LogP contribution is 2.33. The highest BCUT2D eigenvalue weighted by atomic mass is 35.5. The van der Waals surface area contributed by atoms with Gasteiger partial charge in [0, 0.05) is 5.02 Å². The third kappa shape index (κ3) is 3.15. The Morgan fingerprint density at radius 1 is 1.36 bits per heavy atom. The third-order valence-corrected chi connectivity index (χ3v) is 4.95. The molecule has 1 aromatic heterocycles. The van der Waals surface area contributed by atoms with Gasteiger partial charge in [0.25, 0.3) is 0 Å². The molecule has 0 fully saturated rings. The second-order valence-corrected chi connectivity index (χ2v) is 6.65. The minimum atomic E-state index is -0.962. The molecule has 2 aromatic rings. The highest BCUT2D eigenvalue weighted by Gasteiger charge is 2.24. The fraction of sp³-hybridized carbons (Fsp3) is 0.250. The molecule has 1 aromatic carbocycles. The third-order valence-electron chi connectivity index (χ3n) is 3.75. The number of hydrogen-bond acceptors (Lipinski definition) is 3. The molecule has 0 saturated carbocycles. The Hall–Kier alpha value is -1.85. The lowest BCUT2D eigenvalue weighted by atomic mass is 10.1. The number of halogens is 1. The molecule has 0 spiro atoms. The van der Waals surface area contributed by atoms with Gasteiger partial charge in [0.1, 0.15) is 4.88 Å². The zero-order chi connectivity index (χ0) is 15.7. The normalized spacial score (nSPS) is 16.3. The smallest absolute Gasteiger partial charge is 0.345 e. The minimum Gasteiger partial charge on any atom is -0.477 e. The van der Waals surface area contributed by atoms with Crippen molar-refractivity contribution >= 4 is 34.8 Å². The number of carboxylic acid groups (broad SMARTS) is 1. The van der Waals surface area contributed by atoms with E-state index in [2.05, 4.69) is 5.32 Å². The fourth-order valence-electron chi connectivity index (χ4n) is 2.73. The molecule has 1 amide bonds. The van der Waals surface area contributed by atoms with Crippen LogP contribution in [0, 0.1) is 0 Å². The molecule has 3 rings (SSSR count). The summed E-state index contributed by atoms with van der Waals surface area (Å²) in [5.41, 5.74) is 3.03. The van der Waals surface area contributed by atoms with E-state index in [1.807, 2.05) is 18.2 Å². The topological polar surface area (TPSA) is 66.4 Å². The largest absolute Gasteiger partial charge is 0.477 e. The second kappa shape index (κ2) is 6.10. The molecule has 1 aliphatic rings. The van der Waals surface area contributed by atoms with E-state index in [0.29, 0.717) is 5.02 Å². The molecule has 1 unspecified atom stereocenters. The molecule has 2 N–H and O–H groups in total. The van der Waals surface area contributed by atoms with Crippen LogP contribution >= 0.6 is 22.9 Å². The molecule has 114 valence electrons. The van der Waals surface area contributed by atoms with Gasteiger partial charge in [0.2, 0.25) is 5.91 Å². The van der Waals surface area contributed by atoms with E-state index in [0.717, 1.165) is 35.3 Å². The van der Waals surface area contributed by atoms with E-state index in [4.69, 9.17) is 16.7 Å². The summed E-state index contributed by atoms with van der Waals surface area (Å²) in [6.07, 6.45) is 1.99. The Kier molecular flexibility index (Phi) is 4.18. The maximum atomic E-state index is 12.2. The molecule has 6 heteroatoms. The van der Waals surface area contributed by atoms with Crippen LogP contribution in [0.3, 0.4) is 0 Å². The lowest BCUT2D eigenvalue weighted by Gasteiger charge is -2.14. The molecule has 0 radical (unpaired) electrons. The van der Waals surface area contributed by atoms with Gasteiger partial charge in [-0.1, -0.05) is 17.7 Å². The van der Waals surface area contributed by atoms with Crippen LogP contribution in [0.25, 0.3) is 0 Å². The van der Waals surface area contributed by atoms with Gasteiger partial charge in [-0.15, -0.1) is 11.3 Å². The number of hydrogen-bond donors (Lipinski definition) is 2. The number of aromatic carboxylic acids is 1. The first-order chi connectivity index (χ1) is 10.5. The average Bonchev–Trinajstić information content (AvgIpc) is 3.07. The minimum absolute atomic E-state index is 0.0150. The molecule has 0 aliphatic heterocycles. The predicted octanol–water partition coefficient (Wildman–Crippen LogP) is 3.45. The Labute approximate surface area is 136 Å². The van der Waals surface area contributed by atoms with Gasteiger partial charge in [-0.25, -0.2) is 4.79 Å². The number of benzene rings is 1. The maximum Gasteiger partial charge on any atom is 0.345 e. The highest BCUT2D eigenvalue weighted by molar-refractivity contribution is 7.12. The van der Waals surface area contributed by atoms with Crippen LogP contribution in [-0.4, -0.2) is 17.0 Å². The molecule has 0 bridgehead atoms. The van der Waals surface area contributed by atoms with Crippen molar-refractivity contribution in [2.75, 3.05) is 0 Å². The van der Waals surface area contributed by atoms with Crippen LogP contribution in [-0.2, 0) is 17.6 Å². The first-order valence-corrected chi connectivity index (χ1v) is 8.17. The van der Waals surface area contributed by atoms with Crippen LogP contribution in [0.4, 0.5) is 0 Å². The SMILES string of the molecule is O=C(Cc1csc(C(=O)O)c1)NC1CCc2ccc(Cl)cc21. The van der Waals surface area contributed by atoms with Crippen molar-refractivity contribution in [1.82, 2.24) is 5.32 Å². The Balaban J connectivity index is 1.66. The van der Waals surface area contributed by atoms with Crippen LogP contribution in [0.1, 0.15) is 38.8 Å². The van der Waals surface area contributed by atoms with Gasteiger partial charge in [-0.2, -0.15) is 0 Å². The van der Waals surface area contributed by atoms with Crippen LogP contribution in [0.15, 0.2) is 29.6 Å². The van der Waals surface area contributed by atoms with E-state index in [9.17, 15) is 9.59 Å². The number of carbonyl (C=O) groups is 2. The number of carboxylic acids is 1. The number of fused-ring (bicyclic) bond motifs is 1. The van der Waals surface area contributed by atoms with Gasteiger partial charge < -0.3 is 10.4 Å². The van der Waals surface area contributed by atoms with Crippen molar-refractivity contribution in [3.63, 3.8) is 0 Å². The Morgan fingerprint density at radius 3 is 2.91 bits per heavy atom. The summed E-state index contributed by atoms with van der Waals surface area (Å²) in [6.45, 7) is 0. The van der Waals surface area contributed by atoms with Crippen molar-refractivity contribution < 1.29 is 14.7 Å². The number of nitrogens with one attached hydrogen (secondary N) is 1. The molecule has 4 nitrogen and oxygen atoms in total. The summed E-state index contributed by atoms with van der Waals surface area (Å²) < 4.78 is 0. The summed E-state index contributed by atoms with van der Waals surface area (Å²) in [5, 5.41) is 14.3. The lowest BCUT2D eigenvalue weighted by molar-refractivity contribution is -0.121. The number of aryl methyl sites for hydroxylation is 1.